The molecule has 2 amide bonds. The van der Waals surface area contributed by atoms with Crippen molar-refractivity contribution < 1.29 is 14.7 Å². The van der Waals surface area contributed by atoms with E-state index in [1.165, 1.54) is 12.8 Å². The Labute approximate surface area is 120 Å². The SMILES string of the molecule is CCC(CC)(CNC(=O)NCCCNC1CC1)C(=O)O. The molecule has 0 aromatic heterocycles. The van der Waals surface area contributed by atoms with Crippen LogP contribution in [-0.4, -0.2) is 42.8 Å². The van der Waals surface area contributed by atoms with E-state index in [9.17, 15) is 14.7 Å². The minimum absolute atomic E-state index is 0.168. The molecule has 1 aliphatic carbocycles. The molecule has 1 aliphatic rings. The van der Waals surface area contributed by atoms with Gasteiger partial charge in [0, 0.05) is 19.1 Å². The number of carbonyl (C=O) groups excluding carboxylic acids is 1. The van der Waals surface area contributed by atoms with Gasteiger partial charge in [-0.25, -0.2) is 4.79 Å². The fraction of sp³-hybridized carbons (Fsp3) is 0.857. The van der Waals surface area contributed by atoms with E-state index in [4.69, 9.17) is 0 Å². The first-order chi connectivity index (χ1) is 9.54. The predicted molar refractivity (Wildman–Crippen MR) is 77.7 cm³/mol. The average molecular weight is 285 g/mol. The van der Waals surface area contributed by atoms with Crippen molar-refractivity contribution in [2.45, 2.75) is 52.0 Å². The van der Waals surface area contributed by atoms with Crippen LogP contribution < -0.4 is 16.0 Å². The standard InChI is InChI=1S/C14H27N3O3/c1-3-14(4-2,12(18)19)10-17-13(20)16-9-5-8-15-11-6-7-11/h11,15H,3-10H2,1-2H3,(H,18,19)(H2,16,17,20). The summed E-state index contributed by atoms with van der Waals surface area (Å²) in [6.07, 6.45) is 4.42. The first kappa shape index (κ1) is 16.8. The Bertz CT molecular complexity index is 326. The van der Waals surface area contributed by atoms with Crippen LogP contribution in [0.2, 0.25) is 0 Å². The number of carbonyl (C=O) groups is 2. The number of rotatable bonds is 10. The first-order valence-electron chi connectivity index (χ1n) is 7.52. The third-order valence-electron chi connectivity index (χ3n) is 4.04. The Morgan fingerprint density at radius 3 is 2.30 bits per heavy atom. The molecule has 0 heterocycles. The Kier molecular flexibility index (Phi) is 6.78. The molecule has 0 spiro atoms. The Hall–Kier alpha value is -1.30. The maximum absolute atomic E-state index is 11.6. The van der Waals surface area contributed by atoms with Crippen LogP contribution in [0.1, 0.15) is 46.0 Å². The molecule has 116 valence electrons. The zero-order chi connectivity index (χ0) is 15.0. The molecule has 20 heavy (non-hydrogen) atoms. The molecule has 1 saturated carbocycles. The van der Waals surface area contributed by atoms with Gasteiger partial charge in [0.05, 0.1) is 5.41 Å². The summed E-state index contributed by atoms with van der Waals surface area (Å²) in [5, 5.41) is 18.1. The van der Waals surface area contributed by atoms with Crippen LogP contribution in [-0.2, 0) is 4.79 Å². The van der Waals surface area contributed by atoms with Crippen LogP contribution in [0.25, 0.3) is 0 Å². The summed E-state index contributed by atoms with van der Waals surface area (Å²) in [4.78, 5) is 22.9. The van der Waals surface area contributed by atoms with E-state index in [0.29, 0.717) is 25.4 Å². The summed E-state index contributed by atoms with van der Waals surface area (Å²) in [5.74, 6) is -0.851. The highest BCUT2D eigenvalue weighted by Gasteiger charge is 2.35. The number of hydrogen-bond acceptors (Lipinski definition) is 3. The van der Waals surface area contributed by atoms with E-state index in [1.807, 2.05) is 13.8 Å². The molecule has 6 nitrogen and oxygen atoms in total. The van der Waals surface area contributed by atoms with Crippen molar-refractivity contribution in [3.05, 3.63) is 0 Å². The molecule has 0 radical (unpaired) electrons. The molecular weight excluding hydrogens is 258 g/mol. The lowest BCUT2D eigenvalue weighted by Gasteiger charge is -2.26. The number of nitrogens with one attached hydrogen (secondary N) is 3. The van der Waals surface area contributed by atoms with Gasteiger partial charge in [-0.1, -0.05) is 13.8 Å². The number of amides is 2. The van der Waals surface area contributed by atoms with Gasteiger partial charge in [-0.2, -0.15) is 0 Å². The molecular formula is C14H27N3O3. The van der Waals surface area contributed by atoms with Gasteiger partial charge in [-0.05, 0) is 38.6 Å². The molecule has 0 atom stereocenters. The second kappa shape index (κ2) is 8.09. The highest BCUT2D eigenvalue weighted by Crippen LogP contribution is 2.25. The summed E-state index contributed by atoms with van der Waals surface area (Å²) in [6, 6.07) is 0.401. The van der Waals surface area contributed by atoms with Crippen LogP contribution in [0.15, 0.2) is 0 Å². The van der Waals surface area contributed by atoms with E-state index in [-0.39, 0.29) is 12.6 Å². The Balaban J connectivity index is 2.15. The highest BCUT2D eigenvalue weighted by atomic mass is 16.4. The van der Waals surface area contributed by atoms with Crippen LogP contribution >= 0.6 is 0 Å². The average Bonchev–Trinajstić information content (AvgIpc) is 3.24. The second-order valence-corrected chi connectivity index (χ2v) is 5.48. The van der Waals surface area contributed by atoms with Gasteiger partial charge >= 0.3 is 12.0 Å². The second-order valence-electron chi connectivity index (χ2n) is 5.48. The third-order valence-corrected chi connectivity index (χ3v) is 4.04. The summed E-state index contributed by atoms with van der Waals surface area (Å²) >= 11 is 0. The van der Waals surface area contributed by atoms with Crippen molar-refractivity contribution in [1.82, 2.24) is 16.0 Å². The van der Waals surface area contributed by atoms with Crippen molar-refractivity contribution in [3.8, 4) is 0 Å². The van der Waals surface area contributed by atoms with Crippen LogP contribution in [0, 0.1) is 5.41 Å². The normalized spacial score (nSPS) is 14.9. The molecule has 4 N–H and O–H groups in total. The van der Waals surface area contributed by atoms with Gasteiger partial charge in [0.1, 0.15) is 0 Å². The van der Waals surface area contributed by atoms with Gasteiger partial charge in [0.25, 0.3) is 0 Å². The Morgan fingerprint density at radius 2 is 1.80 bits per heavy atom. The summed E-state index contributed by atoms with van der Waals surface area (Å²) in [6.45, 7) is 5.35. The molecule has 1 fully saturated rings. The number of hydrogen-bond donors (Lipinski definition) is 4. The molecule has 0 saturated heterocycles. The van der Waals surface area contributed by atoms with Crippen LogP contribution in [0.5, 0.6) is 0 Å². The third kappa shape index (κ3) is 5.36. The topological polar surface area (TPSA) is 90.5 Å². The first-order valence-corrected chi connectivity index (χ1v) is 7.52. The zero-order valence-corrected chi connectivity index (χ0v) is 12.5. The van der Waals surface area contributed by atoms with E-state index >= 15 is 0 Å². The zero-order valence-electron chi connectivity index (χ0n) is 12.5. The van der Waals surface area contributed by atoms with Gasteiger partial charge in [0.2, 0.25) is 0 Å². The highest BCUT2D eigenvalue weighted by molar-refractivity contribution is 5.78. The maximum atomic E-state index is 11.6. The van der Waals surface area contributed by atoms with E-state index in [2.05, 4.69) is 16.0 Å². The summed E-state index contributed by atoms with van der Waals surface area (Å²) in [5.41, 5.74) is -0.856. The molecule has 6 heteroatoms. The fourth-order valence-electron chi connectivity index (χ4n) is 2.07. The van der Waals surface area contributed by atoms with Gasteiger partial charge in [-0.3, -0.25) is 4.79 Å². The quantitative estimate of drug-likeness (QED) is 0.456. The van der Waals surface area contributed by atoms with Crippen molar-refractivity contribution in [2.24, 2.45) is 5.41 Å². The summed E-state index contributed by atoms with van der Waals surface area (Å²) in [7, 11) is 0. The fourth-order valence-corrected chi connectivity index (χ4v) is 2.07. The number of urea groups is 1. The maximum Gasteiger partial charge on any atom is 0.314 e. The lowest BCUT2D eigenvalue weighted by atomic mass is 9.82. The van der Waals surface area contributed by atoms with Gasteiger partial charge < -0.3 is 21.1 Å². The van der Waals surface area contributed by atoms with Crippen LogP contribution in [0.4, 0.5) is 4.79 Å². The number of carboxylic acids is 1. The van der Waals surface area contributed by atoms with Gasteiger partial charge in [0.15, 0.2) is 0 Å². The van der Waals surface area contributed by atoms with E-state index in [0.717, 1.165) is 13.0 Å². The minimum Gasteiger partial charge on any atom is -0.481 e. The number of carboxylic acid groups (broad SMARTS) is 1. The lowest BCUT2D eigenvalue weighted by Crippen LogP contribution is -2.46. The summed E-state index contributed by atoms with van der Waals surface area (Å²) < 4.78 is 0. The molecule has 0 aliphatic heterocycles. The molecule has 0 aromatic rings. The smallest absolute Gasteiger partial charge is 0.314 e. The molecule has 0 unspecified atom stereocenters. The minimum atomic E-state index is -0.856. The van der Waals surface area contributed by atoms with Crippen molar-refractivity contribution in [1.29, 1.82) is 0 Å². The van der Waals surface area contributed by atoms with Crippen LogP contribution in [0.3, 0.4) is 0 Å². The molecule has 0 bridgehead atoms. The van der Waals surface area contributed by atoms with Gasteiger partial charge in [-0.15, -0.1) is 0 Å². The Morgan fingerprint density at radius 1 is 1.15 bits per heavy atom. The van der Waals surface area contributed by atoms with E-state index < -0.39 is 11.4 Å². The van der Waals surface area contributed by atoms with Crippen molar-refractivity contribution >= 4 is 12.0 Å². The number of aliphatic carboxylic acids is 1. The predicted octanol–water partition coefficient (Wildman–Crippen LogP) is 1.32. The molecule has 1 rings (SSSR count). The van der Waals surface area contributed by atoms with Crippen molar-refractivity contribution in [2.75, 3.05) is 19.6 Å². The van der Waals surface area contributed by atoms with Crippen molar-refractivity contribution in [3.63, 3.8) is 0 Å². The largest absolute Gasteiger partial charge is 0.481 e. The lowest BCUT2D eigenvalue weighted by molar-refractivity contribution is -0.149. The van der Waals surface area contributed by atoms with E-state index in [1.54, 1.807) is 0 Å². The molecule has 0 aromatic carbocycles. The monoisotopic (exact) mass is 285 g/mol.